The number of unbranched alkanes of at least 4 members (excludes halogenated alkanes) is 1. The molecule has 1 unspecified atom stereocenters. The second kappa shape index (κ2) is 12.1. The Hall–Kier alpha value is -3.99. The van der Waals surface area contributed by atoms with Crippen LogP contribution in [0.4, 0.5) is 0 Å². The minimum Gasteiger partial charge on any atom is -0.494 e. The summed E-state index contributed by atoms with van der Waals surface area (Å²) in [4.78, 5) is 18.0. The molecule has 1 aromatic heterocycles. The van der Waals surface area contributed by atoms with E-state index in [2.05, 4.69) is 55.6 Å². The van der Waals surface area contributed by atoms with E-state index in [0.717, 1.165) is 52.7 Å². The lowest BCUT2D eigenvalue weighted by Gasteiger charge is -2.11. The molecule has 4 aromatic rings. The lowest BCUT2D eigenvalue weighted by Crippen LogP contribution is -2.18. The van der Waals surface area contributed by atoms with Gasteiger partial charge in [0.15, 0.2) is 0 Å². The summed E-state index contributed by atoms with van der Waals surface area (Å²) in [6.45, 7) is 7.26. The van der Waals surface area contributed by atoms with Crippen LogP contribution in [-0.4, -0.2) is 23.7 Å². The number of hydrogen-bond acceptors (Lipinski definition) is 4. The van der Waals surface area contributed by atoms with Gasteiger partial charge in [-0.05, 0) is 66.3 Å². The summed E-state index contributed by atoms with van der Waals surface area (Å²) in [5, 5.41) is 4.98. The number of hydrazone groups is 1. The second-order valence-electron chi connectivity index (χ2n) is 8.97. The van der Waals surface area contributed by atoms with E-state index < -0.39 is 0 Å². The van der Waals surface area contributed by atoms with Crippen molar-refractivity contribution in [3.8, 4) is 17.0 Å². The van der Waals surface area contributed by atoms with Crippen LogP contribution in [0.3, 0.4) is 0 Å². The average molecular weight is 480 g/mol. The molecular formula is C31H33N3O2. The molecule has 0 spiro atoms. The first-order chi connectivity index (χ1) is 17.6. The third-order valence-electron chi connectivity index (χ3n) is 6.38. The van der Waals surface area contributed by atoms with Crippen molar-refractivity contribution in [1.29, 1.82) is 0 Å². The Labute approximate surface area is 213 Å². The Balaban J connectivity index is 1.52. The molecule has 1 N–H and O–H groups in total. The Kier molecular flexibility index (Phi) is 8.45. The smallest absolute Gasteiger partial charge is 0.272 e. The Morgan fingerprint density at radius 3 is 2.50 bits per heavy atom. The van der Waals surface area contributed by atoms with Crippen molar-refractivity contribution >= 4 is 23.0 Å². The number of benzene rings is 3. The fraction of sp³-hybridized carbons (Fsp3) is 0.258. The van der Waals surface area contributed by atoms with E-state index in [9.17, 15) is 4.79 Å². The van der Waals surface area contributed by atoms with Gasteiger partial charge in [-0.1, -0.05) is 69.7 Å². The lowest BCUT2D eigenvalue weighted by atomic mass is 9.96. The standard InChI is InChI=1S/C31H33N3O2/c1-4-6-19-36-26-17-11-23(12-18-26)21-32-34-31(35)28-20-30(33-29-10-8-7-9-27(28)29)25-15-13-24(14-16-25)22(3)5-2/h7-18,20-22H,4-6,19H2,1-3H3,(H,34,35). The fourth-order valence-corrected chi connectivity index (χ4v) is 3.94. The zero-order valence-electron chi connectivity index (χ0n) is 21.2. The molecule has 3 aromatic carbocycles. The molecule has 0 fully saturated rings. The van der Waals surface area contributed by atoms with Gasteiger partial charge in [0, 0.05) is 10.9 Å². The Morgan fingerprint density at radius 1 is 1.03 bits per heavy atom. The SMILES string of the molecule is CCCCOc1ccc(C=NNC(=O)c2cc(-c3ccc(C(C)CC)cc3)nc3ccccc23)cc1. The maximum absolute atomic E-state index is 13.1. The van der Waals surface area contributed by atoms with Crippen molar-refractivity contribution in [1.82, 2.24) is 10.4 Å². The first-order valence-electron chi connectivity index (χ1n) is 12.7. The van der Waals surface area contributed by atoms with E-state index >= 15 is 0 Å². The number of nitrogens with zero attached hydrogens (tertiary/aromatic N) is 2. The van der Waals surface area contributed by atoms with E-state index in [1.165, 1.54) is 5.56 Å². The number of para-hydroxylation sites is 1. The molecule has 0 bridgehead atoms. The molecule has 0 aliphatic carbocycles. The molecule has 0 aliphatic heterocycles. The molecule has 36 heavy (non-hydrogen) atoms. The van der Waals surface area contributed by atoms with Crippen molar-refractivity contribution < 1.29 is 9.53 Å². The number of fused-ring (bicyclic) bond motifs is 1. The molecule has 5 heteroatoms. The largest absolute Gasteiger partial charge is 0.494 e. The molecule has 1 heterocycles. The number of pyridine rings is 1. The van der Waals surface area contributed by atoms with Crippen molar-refractivity contribution in [3.05, 3.63) is 95.6 Å². The first kappa shape index (κ1) is 25.1. The third kappa shape index (κ3) is 6.16. The van der Waals surface area contributed by atoms with Crippen LogP contribution in [-0.2, 0) is 0 Å². The molecule has 1 atom stereocenters. The molecule has 1 amide bonds. The van der Waals surface area contributed by atoms with Crippen LogP contribution >= 0.6 is 0 Å². The summed E-state index contributed by atoms with van der Waals surface area (Å²) >= 11 is 0. The predicted octanol–water partition coefficient (Wildman–Crippen LogP) is 7.36. The summed E-state index contributed by atoms with van der Waals surface area (Å²) in [7, 11) is 0. The highest BCUT2D eigenvalue weighted by molar-refractivity contribution is 6.07. The van der Waals surface area contributed by atoms with Gasteiger partial charge in [0.05, 0.1) is 29.6 Å². The van der Waals surface area contributed by atoms with E-state index in [1.54, 1.807) is 6.21 Å². The highest BCUT2D eigenvalue weighted by Crippen LogP contribution is 2.27. The quantitative estimate of drug-likeness (QED) is 0.147. The average Bonchev–Trinajstić information content (AvgIpc) is 2.93. The van der Waals surface area contributed by atoms with Crippen LogP contribution in [0.1, 0.15) is 67.4 Å². The van der Waals surface area contributed by atoms with Crippen LogP contribution in [0.5, 0.6) is 5.75 Å². The Morgan fingerprint density at radius 2 is 1.78 bits per heavy atom. The van der Waals surface area contributed by atoms with Gasteiger partial charge in [-0.2, -0.15) is 5.10 Å². The molecule has 0 radical (unpaired) electrons. The lowest BCUT2D eigenvalue weighted by molar-refractivity contribution is 0.0956. The van der Waals surface area contributed by atoms with Crippen LogP contribution in [0, 0.1) is 0 Å². The van der Waals surface area contributed by atoms with Gasteiger partial charge in [-0.25, -0.2) is 10.4 Å². The maximum Gasteiger partial charge on any atom is 0.272 e. The third-order valence-corrected chi connectivity index (χ3v) is 6.38. The predicted molar refractivity (Wildman–Crippen MR) is 148 cm³/mol. The fourth-order valence-electron chi connectivity index (χ4n) is 3.94. The first-order valence-corrected chi connectivity index (χ1v) is 12.7. The van der Waals surface area contributed by atoms with Crippen LogP contribution in [0.2, 0.25) is 0 Å². The van der Waals surface area contributed by atoms with Crippen molar-refractivity contribution in [2.24, 2.45) is 5.10 Å². The molecule has 0 saturated carbocycles. The summed E-state index contributed by atoms with van der Waals surface area (Å²) in [5.41, 5.74) is 7.91. The van der Waals surface area contributed by atoms with E-state index in [1.807, 2.05) is 54.6 Å². The number of carbonyl (C=O) groups is 1. The summed E-state index contributed by atoms with van der Waals surface area (Å²) < 4.78 is 5.69. The van der Waals surface area contributed by atoms with Gasteiger partial charge < -0.3 is 4.74 Å². The molecule has 184 valence electrons. The number of aromatic nitrogens is 1. The maximum atomic E-state index is 13.1. The molecule has 0 saturated heterocycles. The van der Waals surface area contributed by atoms with Crippen LogP contribution in [0.15, 0.2) is 84.0 Å². The monoisotopic (exact) mass is 479 g/mol. The van der Waals surface area contributed by atoms with Crippen molar-refractivity contribution in [2.75, 3.05) is 6.61 Å². The van der Waals surface area contributed by atoms with Gasteiger partial charge in [0.25, 0.3) is 5.91 Å². The van der Waals surface area contributed by atoms with Gasteiger partial charge in [-0.15, -0.1) is 0 Å². The topological polar surface area (TPSA) is 63.6 Å². The number of ether oxygens (including phenoxy) is 1. The van der Waals surface area contributed by atoms with E-state index in [4.69, 9.17) is 9.72 Å². The van der Waals surface area contributed by atoms with Crippen LogP contribution in [0.25, 0.3) is 22.2 Å². The summed E-state index contributed by atoms with van der Waals surface area (Å²) in [6.07, 6.45) is 4.86. The second-order valence-corrected chi connectivity index (χ2v) is 8.97. The molecular weight excluding hydrogens is 446 g/mol. The van der Waals surface area contributed by atoms with E-state index in [-0.39, 0.29) is 5.91 Å². The van der Waals surface area contributed by atoms with Crippen LogP contribution < -0.4 is 10.2 Å². The number of hydrogen-bond donors (Lipinski definition) is 1. The van der Waals surface area contributed by atoms with Gasteiger partial charge in [-0.3, -0.25) is 4.79 Å². The highest BCUT2D eigenvalue weighted by Gasteiger charge is 2.14. The number of nitrogens with one attached hydrogen (secondary N) is 1. The summed E-state index contributed by atoms with van der Waals surface area (Å²) in [6, 6.07) is 25.6. The van der Waals surface area contributed by atoms with Crippen molar-refractivity contribution in [3.63, 3.8) is 0 Å². The molecule has 4 rings (SSSR count). The van der Waals surface area contributed by atoms with Gasteiger partial charge in [0.1, 0.15) is 5.75 Å². The normalized spacial score (nSPS) is 12.1. The molecule has 5 nitrogen and oxygen atoms in total. The van der Waals surface area contributed by atoms with Gasteiger partial charge >= 0.3 is 0 Å². The minimum absolute atomic E-state index is 0.276. The number of carbonyl (C=O) groups excluding carboxylic acids is 1. The number of amides is 1. The zero-order chi connectivity index (χ0) is 25.3. The minimum atomic E-state index is -0.276. The van der Waals surface area contributed by atoms with Gasteiger partial charge in [0.2, 0.25) is 0 Å². The summed E-state index contributed by atoms with van der Waals surface area (Å²) in [5.74, 6) is 1.06. The number of rotatable bonds is 10. The van der Waals surface area contributed by atoms with E-state index in [0.29, 0.717) is 18.1 Å². The molecule has 0 aliphatic rings. The zero-order valence-corrected chi connectivity index (χ0v) is 21.2. The highest BCUT2D eigenvalue weighted by atomic mass is 16.5. The Bertz CT molecular complexity index is 1330. The van der Waals surface area contributed by atoms with Crippen molar-refractivity contribution in [2.45, 2.75) is 46.0 Å².